The van der Waals surface area contributed by atoms with Crippen LogP contribution in [0.15, 0.2) is 95.4 Å². The highest BCUT2D eigenvalue weighted by Crippen LogP contribution is 2.39. The Kier molecular flexibility index (Phi) is 7.51. The highest BCUT2D eigenvalue weighted by molar-refractivity contribution is 7.94. The Bertz CT molecular complexity index is 1180. The Hall–Kier alpha value is -2.93. The average Bonchev–Trinajstić information content (AvgIpc) is 2.73. The van der Waals surface area contributed by atoms with Gasteiger partial charge in [-0.2, -0.15) is 0 Å². The number of aromatic carboxylic acids is 1. The molecule has 0 saturated carbocycles. The molecule has 1 heterocycles. The molecule has 0 radical (unpaired) electrons. The summed E-state index contributed by atoms with van der Waals surface area (Å²) in [4.78, 5) is 11.7. The predicted molar refractivity (Wildman–Crippen MR) is 128 cm³/mol. The number of nitrogens with one attached hydrogen (secondary N) is 1. The van der Waals surface area contributed by atoms with Crippen molar-refractivity contribution in [3.05, 3.63) is 118 Å². The third kappa shape index (κ3) is 5.10. The SMILES string of the molecule is Cl.O=C(O)c1cccc(CS(=O)(=O)C(=C2CNC2)C(c2ccccc2)c2ccccc2)c1. The molecule has 2 N–H and O–H groups in total. The Morgan fingerprint density at radius 1 is 0.875 bits per heavy atom. The first-order valence-electron chi connectivity index (χ1n) is 10.0. The van der Waals surface area contributed by atoms with Crippen molar-refractivity contribution in [2.24, 2.45) is 0 Å². The van der Waals surface area contributed by atoms with Crippen molar-refractivity contribution < 1.29 is 18.3 Å². The second-order valence-corrected chi connectivity index (χ2v) is 9.55. The number of carboxylic acid groups (broad SMARTS) is 1. The molecule has 3 aromatic rings. The zero-order valence-electron chi connectivity index (χ0n) is 17.3. The van der Waals surface area contributed by atoms with E-state index in [-0.39, 0.29) is 23.7 Å². The summed E-state index contributed by atoms with van der Waals surface area (Å²) in [7, 11) is -3.73. The fourth-order valence-corrected chi connectivity index (χ4v) is 5.89. The second-order valence-electron chi connectivity index (χ2n) is 7.59. The molecule has 0 spiro atoms. The molecular formula is C25H24ClNO4S. The van der Waals surface area contributed by atoms with Gasteiger partial charge in [0.15, 0.2) is 9.84 Å². The molecule has 1 aliphatic heterocycles. The van der Waals surface area contributed by atoms with E-state index in [1.54, 1.807) is 12.1 Å². The number of hydrogen-bond donors (Lipinski definition) is 2. The Morgan fingerprint density at radius 2 is 1.44 bits per heavy atom. The summed E-state index contributed by atoms with van der Waals surface area (Å²) in [6, 6.07) is 25.4. The molecule has 4 rings (SSSR count). The topological polar surface area (TPSA) is 83.5 Å². The van der Waals surface area contributed by atoms with E-state index in [1.165, 1.54) is 12.1 Å². The minimum Gasteiger partial charge on any atom is -0.478 e. The van der Waals surface area contributed by atoms with Gasteiger partial charge in [0.05, 0.1) is 16.2 Å². The lowest BCUT2D eigenvalue weighted by Crippen LogP contribution is -2.37. The van der Waals surface area contributed by atoms with Crippen LogP contribution in [0.25, 0.3) is 0 Å². The van der Waals surface area contributed by atoms with Gasteiger partial charge in [-0.1, -0.05) is 72.8 Å². The van der Waals surface area contributed by atoms with Crippen LogP contribution in [0.2, 0.25) is 0 Å². The molecule has 0 amide bonds. The second kappa shape index (κ2) is 10.1. The third-order valence-electron chi connectivity index (χ3n) is 5.42. The molecule has 0 atom stereocenters. The Morgan fingerprint density at radius 3 is 1.91 bits per heavy atom. The van der Waals surface area contributed by atoms with Gasteiger partial charge in [0.25, 0.3) is 0 Å². The molecule has 0 aromatic heterocycles. The van der Waals surface area contributed by atoms with Crippen molar-refractivity contribution >= 4 is 28.2 Å². The Labute approximate surface area is 194 Å². The van der Waals surface area contributed by atoms with Crippen molar-refractivity contribution in [1.29, 1.82) is 0 Å². The van der Waals surface area contributed by atoms with Crippen LogP contribution < -0.4 is 5.32 Å². The molecule has 0 bridgehead atoms. The number of allylic oxidation sites excluding steroid dienone is 1. The molecule has 1 fully saturated rings. The molecule has 166 valence electrons. The van der Waals surface area contributed by atoms with E-state index in [0.717, 1.165) is 16.7 Å². The van der Waals surface area contributed by atoms with Gasteiger partial charge in [0.1, 0.15) is 0 Å². The highest BCUT2D eigenvalue weighted by atomic mass is 35.5. The molecule has 5 nitrogen and oxygen atoms in total. The van der Waals surface area contributed by atoms with E-state index < -0.39 is 21.7 Å². The van der Waals surface area contributed by atoms with Gasteiger partial charge in [-0.3, -0.25) is 0 Å². The number of benzene rings is 3. The fourth-order valence-electron chi connectivity index (χ4n) is 3.91. The molecule has 0 unspecified atom stereocenters. The first kappa shape index (κ1) is 23.7. The predicted octanol–water partition coefficient (Wildman–Crippen LogP) is 4.41. The van der Waals surface area contributed by atoms with Crippen LogP contribution >= 0.6 is 12.4 Å². The smallest absolute Gasteiger partial charge is 0.335 e. The molecular weight excluding hydrogens is 446 g/mol. The standard InChI is InChI=1S/C25H23NO4S.ClH/c27-25(28)21-13-7-8-18(14-21)17-31(29,30)24(22-15-26-16-22)23(19-9-3-1-4-10-19)20-11-5-2-6-12-20;/h1-14,23,26H,15-17H2,(H,27,28);1H. The molecule has 32 heavy (non-hydrogen) atoms. The number of rotatable bonds is 7. The average molecular weight is 470 g/mol. The quantitative estimate of drug-likeness (QED) is 0.535. The van der Waals surface area contributed by atoms with Crippen molar-refractivity contribution in [3.8, 4) is 0 Å². The van der Waals surface area contributed by atoms with Gasteiger partial charge in [-0.05, 0) is 34.4 Å². The van der Waals surface area contributed by atoms with E-state index in [4.69, 9.17) is 0 Å². The summed E-state index contributed by atoms with van der Waals surface area (Å²) in [5.74, 6) is -1.75. The number of carbonyl (C=O) groups is 1. The van der Waals surface area contributed by atoms with Gasteiger partial charge >= 0.3 is 5.97 Å². The van der Waals surface area contributed by atoms with Crippen LogP contribution in [0.4, 0.5) is 0 Å². The van der Waals surface area contributed by atoms with E-state index >= 15 is 0 Å². The van der Waals surface area contributed by atoms with E-state index in [1.807, 2.05) is 60.7 Å². The highest BCUT2D eigenvalue weighted by Gasteiger charge is 2.34. The molecule has 3 aromatic carbocycles. The fraction of sp³-hybridized carbons (Fsp3) is 0.160. The Balaban J connectivity index is 0.00000289. The summed E-state index contributed by atoms with van der Waals surface area (Å²) in [5, 5.41) is 12.4. The summed E-state index contributed by atoms with van der Waals surface area (Å²) < 4.78 is 27.5. The number of carboxylic acids is 1. The number of halogens is 1. The normalized spacial score (nSPS) is 13.2. The van der Waals surface area contributed by atoms with Crippen molar-refractivity contribution in [3.63, 3.8) is 0 Å². The van der Waals surface area contributed by atoms with Crippen LogP contribution in [0, 0.1) is 0 Å². The van der Waals surface area contributed by atoms with E-state index in [0.29, 0.717) is 23.6 Å². The zero-order valence-corrected chi connectivity index (χ0v) is 18.9. The summed E-state index contributed by atoms with van der Waals surface area (Å²) >= 11 is 0. The molecule has 7 heteroatoms. The maximum absolute atomic E-state index is 13.8. The van der Waals surface area contributed by atoms with Crippen molar-refractivity contribution in [2.75, 3.05) is 13.1 Å². The lowest BCUT2D eigenvalue weighted by molar-refractivity contribution is 0.0696. The van der Waals surface area contributed by atoms with Gasteiger partial charge in [-0.25, -0.2) is 13.2 Å². The minimum absolute atomic E-state index is 0. The molecule has 1 saturated heterocycles. The largest absolute Gasteiger partial charge is 0.478 e. The number of sulfone groups is 1. The lowest BCUT2D eigenvalue weighted by Gasteiger charge is -2.29. The van der Waals surface area contributed by atoms with Gasteiger partial charge in [0, 0.05) is 19.0 Å². The van der Waals surface area contributed by atoms with Crippen LogP contribution in [0.1, 0.15) is 33.0 Å². The molecule has 1 aliphatic rings. The first-order chi connectivity index (χ1) is 15.0. The zero-order chi connectivity index (χ0) is 21.8. The lowest BCUT2D eigenvalue weighted by atomic mass is 9.88. The monoisotopic (exact) mass is 469 g/mol. The maximum Gasteiger partial charge on any atom is 0.335 e. The van der Waals surface area contributed by atoms with Crippen LogP contribution in [-0.2, 0) is 15.6 Å². The van der Waals surface area contributed by atoms with Crippen LogP contribution in [0.3, 0.4) is 0 Å². The van der Waals surface area contributed by atoms with E-state index in [2.05, 4.69) is 5.32 Å². The van der Waals surface area contributed by atoms with Crippen LogP contribution in [-0.4, -0.2) is 32.6 Å². The van der Waals surface area contributed by atoms with Crippen molar-refractivity contribution in [1.82, 2.24) is 5.32 Å². The van der Waals surface area contributed by atoms with Gasteiger partial charge in [0.2, 0.25) is 0 Å². The summed E-state index contributed by atoms with van der Waals surface area (Å²) in [6.45, 7) is 1.06. The van der Waals surface area contributed by atoms with Crippen LogP contribution in [0.5, 0.6) is 0 Å². The third-order valence-corrected chi connectivity index (χ3v) is 7.33. The van der Waals surface area contributed by atoms with Gasteiger partial charge in [-0.15, -0.1) is 12.4 Å². The summed E-state index contributed by atoms with van der Waals surface area (Å²) in [6.07, 6.45) is 0. The minimum atomic E-state index is -3.73. The molecule has 0 aliphatic carbocycles. The first-order valence-corrected chi connectivity index (χ1v) is 11.7. The number of hydrogen-bond acceptors (Lipinski definition) is 4. The maximum atomic E-state index is 13.8. The summed E-state index contributed by atoms with van der Waals surface area (Å²) in [5.41, 5.74) is 3.23. The van der Waals surface area contributed by atoms with E-state index in [9.17, 15) is 18.3 Å². The van der Waals surface area contributed by atoms with Crippen molar-refractivity contribution in [2.45, 2.75) is 11.7 Å². The van der Waals surface area contributed by atoms with Gasteiger partial charge < -0.3 is 10.4 Å².